The van der Waals surface area contributed by atoms with Crippen molar-refractivity contribution in [2.24, 2.45) is 0 Å². The summed E-state index contributed by atoms with van der Waals surface area (Å²) < 4.78 is 56.8. The molecule has 1 aliphatic heterocycles. The second-order valence-electron chi connectivity index (χ2n) is 7.97. The van der Waals surface area contributed by atoms with E-state index >= 15 is 0 Å². The van der Waals surface area contributed by atoms with Gasteiger partial charge < -0.3 is 4.42 Å². The van der Waals surface area contributed by atoms with Crippen molar-refractivity contribution in [3.05, 3.63) is 59.4 Å². The monoisotopic (exact) mass is 463 g/mol. The Morgan fingerprint density at radius 2 is 1.45 bits per heavy atom. The standard InChI is InChI=1S/C21H25N3O5S2/c1-30(25,26)22-18-4-3-15-7-9-24(10-8-16(15)11-18)14-20-13-17-12-19(23-31(2,27)28)5-6-21(17)29-20/h3-6,11-13,22-23H,7-10,14H2,1-2H3. The van der Waals surface area contributed by atoms with Crippen molar-refractivity contribution in [3.8, 4) is 0 Å². The maximum Gasteiger partial charge on any atom is 0.229 e. The quantitative estimate of drug-likeness (QED) is 0.582. The van der Waals surface area contributed by atoms with Gasteiger partial charge in [-0.3, -0.25) is 14.3 Å². The fourth-order valence-corrected chi connectivity index (χ4v) is 4.99. The average molecular weight is 464 g/mol. The second-order valence-corrected chi connectivity index (χ2v) is 11.5. The summed E-state index contributed by atoms with van der Waals surface area (Å²) in [6.07, 6.45) is 3.96. The summed E-state index contributed by atoms with van der Waals surface area (Å²) in [7, 11) is -6.63. The average Bonchev–Trinajstić information content (AvgIpc) is 2.92. The van der Waals surface area contributed by atoms with Gasteiger partial charge in [0, 0.05) is 29.9 Å². The maximum absolute atomic E-state index is 11.5. The summed E-state index contributed by atoms with van der Waals surface area (Å²) in [5.74, 6) is 0.817. The lowest BCUT2D eigenvalue weighted by Crippen LogP contribution is -2.25. The lowest BCUT2D eigenvalue weighted by atomic mass is 10.0. The second kappa shape index (κ2) is 8.18. The summed E-state index contributed by atoms with van der Waals surface area (Å²) in [5.41, 5.74) is 4.18. The van der Waals surface area contributed by atoms with E-state index < -0.39 is 20.0 Å². The molecule has 8 nitrogen and oxygen atoms in total. The van der Waals surface area contributed by atoms with Crippen LogP contribution in [0.3, 0.4) is 0 Å². The van der Waals surface area contributed by atoms with Gasteiger partial charge in [-0.25, -0.2) is 16.8 Å². The molecule has 0 fully saturated rings. The highest BCUT2D eigenvalue weighted by Gasteiger charge is 2.17. The molecule has 0 atom stereocenters. The van der Waals surface area contributed by atoms with Crippen LogP contribution in [-0.2, 0) is 39.4 Å². The van der Waals surface area contributed by atoms with Crippen LogP contribution in [0.15, 0.2) is 46.9 Å². The van der Waals surface area contributed by atoms with Crippen LogP contribution in [-0.4, -0.2) is 47.3 Å². The van der Waals surface area contributed by atoms with Crippen LogP contribution in [0, 0.1) is 0 Å². The Morgan fingerprint density at radius 1 is 0.839 bits per heavy atom. The molecule has 0 bridgehead atoms. The van der Waals surface area contributed by atoms with Crippen molar-refractivity contribution in [1.82, 2.24) is 4.90 Å². The maximum atomic E-state index is 11.5. The number of furan rings is 1. The van der Waals surface area contributed by atoms with E-state index in [-0.39, 0.29) is 0 Å². The van der Waals surface area contributed by atoms with Gasteiger partial charge in [0.15, 0.2) is 0 Å². The molecule has 2 N–H and O–H groups in total. The molecule has 0 spiro atoms. The van der Waals surface area contributed by atoms with E-state index in [0.717, 1.165) is 55.2 Å². The van der Waals surface area contributed by atoms with Gasteiger partial charge in [-0.2, -0.15) is 0 Å². The molecule has 0 saturated carbocycles. The molecule has 0 saturated heterocycles. The van der Waals surface area contributed by atoms with Gasteiger partial charge in [0.1, 0.15) is 11.3 Å². The Labute approximate surface area is 182 Å². The Hall–Kier alpha value is -2.56. The van der Waals surface area contributed by atoms with Crippen LogP contribution in [0.1, 0.15) is 16.9 Å². The van der Waals surface area contributed by atoms with Gasteiger partial charge >= 0.3 is 0 Å². The summed E-state index contributed by atoms with van der Waals surface area (Å²) in [5, 5.41) is 0.846. The third-order valence-corrected chi connectivity index (χ3v) is 6.37. The van der Waals surface area contributed by atoms with Crippen molar-refractivity contribution >= 4 is 42.4 Å². The lowest BCUT2D eigenvalue weighted by Gasteiger charge is -2.17. The van der Waals surface area contributed by atoms with Crippen molar-refractivity contribution in [1.29, 1.82) is 0 Å². The number of rotatable bonds is 6. The number of benzene rings is 2. The Morgan fingerprint density at radius 3 is 2.13 bits per heavy atom. The zero-order chi connectivity index (χ0) is 22.2. The molecular formula is C21H25N3O5S2. The van der Waals surface area contributed by atoms with E-state index in [1.54, 1.807) is 24.3 Å². The Kier molecular flexibility index (Phi) is 5.71. The fourth-order valence-electron chi connectivity index (χ4n) is 3.88. The Balaban J connectivity index is 1.46. The van der Waals surface area contributed by atoms with Crippen LogP contribution in [0.5, 0.6) is 0 Å². The van der Waals surface area contributed by atoms with Gasteiger partial charge in [-0.1, -0.05) is 6.07 Å². The molecule has 3 aromatic rings. The molecule has 10 heteroatoms. The summed E-state index contributed by atoms with van der Waals surface area (Å²) >= 11 is 0. The van der Waals surface area contributed by atoms with Crippen molar-refractivity contribution in [2.75, 3.05) is 35.0 Å². The number of anilines is 2. The predicted octanol–water partition coefficient (Wildman–Crippen LogP) is 2.78. The van der Waals surface area contributed by atoms with Gasteiger partial charge in [0.25, 0.3) is 0 Å². The molecular weight excluding hydrogens is 438 g/mol. The molecule has 0 radical (unpaired) electrons. The number of fused-ring (bicyclic) bond motifs is 2. The zero-order valence-corrected chi connectivity index (χ0v) is 19.0. The molecule has 0 aliphatic carbocycles. The van der Waals surface area contributed by atoms with E-state index in [2.05, 4.69) is 14.3 Å². The first-order valence-electron chi connectivity index (χ1n) is 9.86. The van der Waals surface area contributed by atoms with E-state index in [9.17, 15) is 16.8 Å². The minimum Gasteiger partial charge on any atom is -0.460 e. The van der Waals surface area contributed by atoms with E-state index in [4.69, 9.17) is 4.42 Å². The molecule has 0 unspecified atom stereocenters. The third-order valence-electron chi connectivity index (χ3n) is 5.15. The van der Waals surface area contributed by atoms with Crippen LogP contribution in [0.4, 0.5) is 11.4 Å². The van der Waals surface area contributed by atoms with Gasteiger partial charge in [0.05, 0.1) is 19.1 Å². The molecule has 166 valence electrons. The topological polar surface area (TPSA) is 109 Å². The first-order valence-corrected chi connectivity index (χ1v) is 13.6. The van der Waals surface area contributed by atoms with Gasteiger partial charge in [-0.15, -0.1) is 0 Å². The first kappa shape index (κ1) is 21.7. The van der Waals surface area contributed by atoms with Crippen LogP contribution >= 0.6 is 0 Å². The summed E-state index contributed by atoms with van der Waals surface area (Å²) in [6, 6.07) is 12.9. The van der Waals surface area contributed by atoms with Crippen LogP contribution in [0.2, 0.25) is 0 Å². The van der Waals surface area contributed by atoms with E-state index in [1.807, 2.05) is 18.2 Å². The minimum atomic E-state index is -3.33. The minimum absolute atomic E-state index is 0.506. The normalized spacial score (nSPS) is 15.4. The highest BCUT2D eigenvalue weighted by atomic mass is 32.2. The third kappa shape index (κ3) is 5.78. The highest BCUT2D eigenvalue weighted by molar-refractivity contribution is 7.92. The fraction of sp³-hybridized carbons (Fsp3) is 0.333. The number of sulfonamides is 2. The van der Waals surface area contributed by atoms with Crippen molar-refractivity contribution in [2.45, 2.75) is 19.4 Å². The van der Waals surface area contributed by atoms with Gasteiger partial charge in [-0.05, 0) is 60.4 Å². The summed E-state index contributed by atoms with van der Waals surface area (Å²) in [4.78, 5) is 2.30. The number of nitrogens with zero attached hydrogens (tertiary/aromatic N) is 1. The Bertz CT molecular complexity index is 1330. The van der Waals surface area contributed by atoms with Crippen molar-refractivity contribution < 1.29 is 21.3 Å². The predicted molar refractivity (Wildman–Crippen MR) is 122 cm³/mol. The van der Waals surface area contributed by atoms with Crippen LogP contribution in [0.25, 0.3) is 11.0 Å². The SMILES string of the molecule is CS(=O)(=O)Nc1ccc2c(c1)CCN(Cc1cc3cc(NS(C)(=O)=O)ccc3o1)CC2. The molecule has 4 rings (SSSR count). The summed E-state index contributed by atoms with van der Waals surface area (Å²) in [6.45, 7) is 2.34. The largest absolute Gasteiger partial charge is 0.460 e. The molecule has 1 aliphatic rings. The highest BCUT2D eigenvalue weighted by Crippen LogP contribution is 2.26. The number of nitrogens with one attached hydrogen (secondary N) is 2. The first-order chi connectivity index (χ1) is 14.5. The van der Waals surface area contributed by atoms with Crippen molar-refractivity contribution in [3.63, 3.8) is 0 Å². The number of hydrogen-bond acceptors (Lipinski definition) is 6. The molecule has 2 aromatic carbocycles. The van der Waals surface area contributed by atoms with Crippen LogP contribution < -0.4 is 9.44 Å². The van der Waals surface area contributed by atoms with E-state index in [1.165, 1.54) is 5.56 Å². The number of hydrogen-bond donors (Lipinski definition) is 2. The zero-order valence-electron chi connectivity index (χ0n) is 17.4. The molecule has 1 aromatic heterocycles. The smallest absolute Gasteiger partial charge is 0.229 e. The molecule has 31 heavy (non-hydrogen) atoms. The van der Waals surface area contributed by atoms with E-state index in [0.29, 0.717) is 23.5 Å². The van der Waals surface area contributed by atoms with Gasteiger partial charge in [0.2, 0.25) is 20.0 Å². The molecule has 2 heterocycles. The lowest BCUT2D eigenvalue weighted by molar-refractivity contribution is 0.258. The molecule has 0 amide bonds.